The molecule has 0 spiro atoms. The number of aromatic nitrogens is 4. The Balaban J connectivity index is 1.67. The topological polar surface area (TPSA) is 72.7 Å². The van der Waals surface area contributed by atoms with Crippen molar-refractivity contribution in [3.8, 4) is 5.69 Å². The van der Waals surface area contributed by atoms with Gasteiger partial charge in [-0.2, -0.15) is 4.68 Å². The van der Waals surface area contributed by atoms with Crippen LogP contribution in [0.3, 0.4) is 0 Å². The first-order chi connectivity index (χ1) is 12.9. The van der Waals surface area contributed by atoms with Crippen LogP contribution in [-0.2, 0) is 4.79 Å². The van der Waals surface area contributed by atoms with Gasteiger partial charge in [0.2, 0.25) is 11.1 Å². The highest BCUT2D eigenvalue weighted by Gasteiger charge is 2.19. The van der Waals surface area contributed by atoms with Gasteiger partial charge in [0.05, 0.1) is 10.9 Å². The third-order valence-corrected chi connectivity index (χ3v) is 5.25. The first kappa shape index (κ1) is 19.1. The quantitative estimate of drug-likeness (QED) is 0.648. The van der Waals surface area contributed by atoms with Gasteiger partial charge in [-0.3, -0.25) is 4.79 Å². The predicted molar refractivity (Wildman–Crippen MR) is 108 cm³/mol. The molecule has 0 radical (unpaired) electrons. The van der Waals surface area contributed by atoms with Gasteiger partial charge < -0.3 is 5.32 Å². The zero-order chi connectivity index (χ0) is 19.4. The van der Waals surface area contributed by atoms with Crippen LogP contribution in [0.5, 0.6) is 0 Å². The van der Waals surface area contributed by atoms with Crippen LogP contribution in [0, 0.1) is 6.92 Å². The summed E-state index contributed by atoms with van der Waals surface area (Å²) in [7, 11) is 0. The number of carbonyl (C=O) groups is 1. The number of amides is 1. The molecular formula is C20H23N5OS. The molecule has 6 nitrogen and oxygen atoms in total. The van der Waals surface area contributed by atoms with Crippen LogP contribution in [0.15, 0.2) is 53.7 Å². The van der Waals surface area contributed by atoms with Crippen LogP contribution in [0.4, 0.5) is 5.69 Å². The lowest BCUT2D eigenvalue weighted by Crippen LogP contribution is -2.23. The van der Waals surface area contributed by atoms with Crippen molar-refractivity contribution < 1.29 is 4.79 Å². The number of benzene rings is 2. The van der Waals surface area contributed by atoms with Gasteiger partial charge in [0.25, 0.3) is 0 Å². The van der Waals surface area contributed by atoms with Gasteiger partial charge in [0.1, 0.15) is 0 Å². The Morgan fingerprint density at radius 2 is 1.70 bits per heavy atom. The van der Waals surface area contributed by atoms with Crippen molar-refractivity contribution >= 4 is 23.4 Å². The Labute approximate surface area is 163 Å². The number of hydrogen-bond donors (Lipinski definition) is 1. The van der Waals surface area contributed by atoms with Crippen molar-refractivity contribution in [3.05, 3.63) is 59.7 Å². The highest BCUT2D eigenvalue weighted by Crippen LogP contribution is 2.24. The molecule has 140 valence electrons. The summed E-state index contributed by atoms with van der Waals surface area (Å²) in [6.45, 7) is 8.16. The monoisotopic (exact) mass is 381 g/mol. The minimum atomic E-state index is -0.343. The number of aryl methyl sites for hydroxylation is 1. The number of nitrogens with one attached hydrogen (secondary N) is 1. The molecule has 0 aliphatic rings. The average Bonchev–Trinajstić information content (AvgIpc) is 3.10. The van der Waals surface area contributed by atoms with Gasteiger partial charge in [-0.05, 0) is 60.0 Å². The fourth-order valence-electron chi connectivity index (χ4n) is 2.51. The van der Waals surface area contributed by atoms with Gasteiger partial charge in [-0.15, -0.1) is 5.10 Å². The molecule has 0 bridgehead atoms. The molecule has 3 aromatic rings. The molecule has 0 fully saturated rings. The van der Waals surface area contributed by atoms with Crippen molar-refractivity contribution in [3.63, 3.8) is 0 Å². The van der Waals surface area contributed by atoms with E-state index in [0.29, 0.717) is 11.1 Å². The van der Waals surface area contributed by atoms with E-state index in [0.717, 1.165) is 16.9 Å². The van der Waals surface area contributed by atoms with Gasteiger partial charge in [-0.25, -0.2) is 0 Å². The van der Waals surface area contributed by atoms with Crippen LogP contribution in [-0.4, -0.2) is 31.4 Å². The van der Waals surface area contributed by atoms with Gasteiger partial charge in [0, 0.05) is 5.69 Å². The summed E-state index contributed by atoms with van der Waals surface area (Å²) in [6, 6.07) is 15.9. The van der Waals surface area contributed by atoms with E-state index in [1.807, 2.05) is 62.4 Å². The van der Waals surface area contributed by atoms with E-state index in [1.54, 1.807) is 4.68 Å². The molecule has 0 aliphatic carbocycles. The van der Waals surface area contributed by atoms with Crippen molar-refractivity contribution in [2.24, 2.45) is 0 Å². The molecule has 1 atom stereocenters. The molecule has 1 aromatic heterocycles. The Kier molecular flexibility index (Phi) is 5.91. The minimum absolute atomic E-state index is 0.0873. The van der Waals surface area contributed by atoms with E-state index >= 15 is 0 Å². The fourth-order valence-corrected chi connectivity index (χ4v) is 3.31. The Morgan fingerprint density at radius 3 is 2.33 bits per heavy atom. The molecule has 0 saturated heterocycles. The molecule has 0 aliphatic heterocycles. The molecule has 0 unspecified atom stereocenters. The molecule has 7 heteroatoms. The van der Waals surface area contributed by atoms with E-state index in [-0.39, 0.29) is 11.2 Å². The Hall–Kier alpha value is -2.67. The molecule has 1 heterocycles. The Morgan fingerprint density at radius 1 is 1.04 bits per heavy atom. The number of carbonyl (C=O) groups excluding carboxylic acids is 1. The summed E-state index contributed by atoms with van der Waals surface area (Å²) in [5, 5.41) is 15.0. The molecule has 1 N–H and O–H groups in total. The average molecular weight is 382 g/mol. The lowest BCUT2D eigenvalue weighted by molar-refractivity contribution is -0.115. The summed E-state index contributed by atoms with van der Waals surface area (Å²) >= 11 is 1.33. The van der Waals surface area contributed by atoms with Gasteiger partial charge in [0.15, 0.2) is 0 Å². The van der Waals surface area contributed by atoms with Crippen molar-refractivity contribution in [2.45, 2.75) is 44.0 Å². The maximum atomic E-state index is 12.5. The largest absolute Gasteiger partial charge is 0.325 e. The smallest absolute Gasteiger partial charge is 0.237 e. The number of hydrogen-bond acceptors (Lipinski definition) is 5. The van der Waals surface area contributed by atoms with Crippen LogP contribution in [0.25, 0.3) is 5.69 Å². The molecule has 3 rings (SSSR count). The lowest BCUT2D eigenvalue weighted by atomic mass is 10.0. The third kappa shape index (κ3) is 4.74. The maximum Gasteiger partial charge on any atom is 0.237 e. The van der Waals surface area contributed by atoms with Crippen LogP contribution in [0.2, 0.25) is 0 Å². The maximum absolute atomic E-state index is 12.5. The second-order valence-corrected chi connectivity index (χ2v) is 8.04. The van der Waals surface area contributed by atoms with Crippen molar-refractivity contribution in [2.75, 3.05) is 5.32 Å². The van der Waals surface area contributed by atoms with Gasteiger partial charge >= 0.3 is 0 Å². The first-order valence-electron chi connectivity index (χ1n) is 8.87. The highest BCUT2D eigenvalue weighted by atomic mass is 32.2. The number of thioether (sulfide) groups is 1. The highest BCUT2D eigenvalue weighted by molar-refractivity contribution is 8.00. The summed E-state index contributed by atoms with van der Waals surface area (Å²) < 4.78 is 1.64. The molecule has 2 aromatic carbocycles. The molecule has 0 saturated carbocycles. The predicted octanol–water partition coefficient (Wildman–Crippen LogP) is 4.21. The van der Waals surface area contributed by atoms with E-state index in [4.69, 9.17) is 0 Å². The zero-order valence-corrected chi connectivity index (χ0v) is 16.7. The standard InChI is InChI=1S/C20H23N5OS/c1-13(2)16-7-9-17(10-8-16)21-19(26)15(4)27-20-22-23-24-25(20)18-11-5-14(3)6-12-18/h5-13,15H,1-4H3,(H,21,26)/t15-/m0/s1. The number of rotatable bonds is 6. The SMILES string of the molecule is Cc1ccc(-n2nnnc2S[C@@H](C)C(=O)Nc2ccc(C(C)C)cc2)cc1. The first-order valence-corrected chi connectivity index (χ1v) is 9.75. The molecular weight excluding hydrogens is 358 g/mol. The summed E-state index contributed by atoms with van der Waals surface area (Å²) in [5.41, 5.74) is 4.06. The normalized spacial score (nSPS) is 12.2. The van der Waals surface area contributed by atoms with Crippen LogP contribution < -0.4 is 5.32 Å². The van der Waals surface area contributed by atoms with Crippen molar-refractivity contribution in [1.82, 2.24) is 20.2 Å². The van der Waals surface area contributed by atoms with E-state index in [9.17, 15) is 4.79 Å². The van der Waals surface area contributed by atoms with Gasteiger partial charge in [-0.1, -0.05) is 55.4 Å². The van der Waals surface area contributed by atoms with Crippen LogP contribution >= 0.6 is 11.8 Å². The van der Waals surface area contributed by atoms with Crippen molar-refractivity contribution in [1.29, 1.82) is 0 Å². The second kappa shape index (κ2) is 8.35. The molecule has 27 heavy (non-hydrogen) atoms. The Bertz CT molecular complexity index is 903. The van der Waals surface area contributed by atoms with Crippen LogP contribution in [0.1, 0.15) is 37.8 Å². The van der Waals surface area contributed by atoms with E-state index in [2.05, 4.69) is 34.7 Å². The minimum Gasteiger partial charge on any atom is -0.325 e. The number of anilines is 1. The second-order valence-electron chi connectivity index (χ2n) is 6.73. The third-order valence-electron chi connectivity index (χ3n) is 4.22. The summed E-state index contributed by atoms with van der Waals surface area (Å²) in [5.74, 6) is 0.376. The fraction of sp³-hybridized carbons (Fsp3) is 0.300. The summed E-state index contributed by atoms with van der Waals surface area (Å²) in [4.78, 5) is 12.5. The molecule has 1 amide bonds. The van der Waals surface area contributed by atoms with E-state index in [1.165, 1.54) is 17.3 Å². The zero-order valence-electron chi connectivity index (χ0n) is 15.9. The van der Waals surface area contributed by atoms with E-state index < -0.39 is 0 Å². The summed E-state index contributed by atoms with van der Waals surface area (Å²) in [6.07, 6.45) is 0. The lowest BCUT2D eigenvalue weighted by Gasteiger charge is -2.13. The number of nitrogens with zero attached hydrogens (tertiary/aromatic N) is 4. The number of tetrazole rings is 1.